The number of aromatic nitrogens is 1. The van der Waals surface area contributed by atoms with Gasteiger partial charge in [-0.05, 0) is 49.8 Å². The largest absolute Gasteiger partial charge is 0.293 e. The van der Waals surface area contributed by atoms with E-state index in [0.29, 0.717) is 28.1 Å². The normalized spacial score (nSPS) is 15.2. The van der Waals surface area contributed by atoms with E-state index in [2.05, 4.69) is 34.8 Å². The molecule has 0 fully saturated rings. The highest BCUT2D eigenvalue weighted by Crippen LogP contribution is 2.37. The summed E-state index contributed by atoms with van der Waals surface area (Å²) in [5.41, 5.74) is 3.92. The number of halogens is 1. The van der Waals surface area contributed by atoms with Crippen LogP contribution >= 0.6 is 22.9 Å². The molecule has 4 rings (SSSR count). The van der Waals surface area contributed by atoms with Crippen molar-refractivity contribution < 1.29 is 4.79 Å². The summed E-state index contributed by atoms with van der Waals surface area (Å²) in [7, 11) is 0. The molecular formula is C21H21ClN4OS. The first-order valence-corrected chi connectivity index (χ1v) is 10.5. The lowest BCUT2D eigenvalue weighted by molar-refractivity contribution is -0.112. The highest BCUT2D eigenvalue weighted by atomic mass is 35.5. The molecule has 7 heteroatoms. The molecule has 0 unspecified atom stereocenters. The average Bonchev–Trinajstić information content (AvgIpc) is 3.19. The molecule has 0 N–H and O–H groups in total. The first kappa shape index (κ1) is 19.1. The number of benzene rings is 2. The van der Waals surface area contributed by atoms with Crippen LogP contribution in [-0.2, 0) is 4.79 Å². The van der Waals surface area contributed by atoms with Crippen LogP contribution in [0.4, 0.5) is 10.8 Å². The Morgan fingerprint density at radius 3 is 2.75 bits per heavy atom. The zero-order chi connectivity index (χ0) is 19.8. The molecule has 2 heterocycles. The summed E-state index contributed by atoms with van der Waals surface area (Å²) in [5.74, 6) is -0.134. The number of amides is 1. The van der Waals surface area contributed by atoms with E-state index in [-0.39, 0.29) is 5.91 Å². The molecule has 2 aromatic carbocycles. The zero-order valence-corrected chi connectivity index (χ0v) is 17.6. The highest BCUT2D eigenvalue weighted by molar-refractivity contribution is 7.22. The van der Waals surface area contributed by atoms with Gasteiger partial charge in [0.15, 0.2) is 0 Å². The van der Waals surface area contributed by atoms with Crippen molar-refractivity contribution in [1.29, 1.82) is 0 Å². The van der Waals surface area contributed by atoms with Gasteiger partial charge in [0.05, 0.1) is 27.6 Å². The Balaban J connectivity index is 1.80. The van der Waals surface area contributed by atoms with Crippen molar-refractivity contribution in [2.75, 3.05) is 24.7 Å². The lowest BCUT2D eigenvalue weighted by Crippen LogP contribution is -2.41. The molecule has 1 aromatic heterocycles. The van der Waals surface area contributed by atoms with Crippen molar-refractivity contribution in [2.45, 2.75) is 20.8 Å². The van der Waals surface area contributed by atoms with Gasteiger partial charge in [-0.15, -0.1) is 0 Å². The monoisotopic (exact) mass is 412 g/mol. The fourth-order valence-electron chi connectivity index (χ4n) is 3.35. The number of aryl methyl sites for hydroxylation is 1. The van der Waals surface area contributed by atoms with Crippen LogP contribution < -0.4 is 4.90 Å². The van der Waals surface area contributed by atoms with Crippen LogP contribution in [0.5, 0.6) is 0 Å². The number of carbonyl (C=O) groups is 1. The van der Waals surface area contributed by atoms with Gasteiger partial charge in [0.2, 0.25) is 5.13 Å². The molecule has 0 atom stereocenters. The Morgan fingerprint density at radius 1 is 1.21 bits per heavy atom. The van der Waals surface area contributed by atoms with Crippen LogP contribution in [0.2, 0.25) is 5.02 Å². The van der Waals surface area contributed by atoms with Crippen LogP contribution in [0.3, 0.4) is 0 Å². The second-order valence-corrected chi connectivity index (χ2v) is 8.16. The van der Waals surface area contributed by atoms with Crippen LogP contribution in [0.15, 0.2) is 41.4 Å². The number of hydrogen-bond acceptors (Lipinski definition) is 5. The van der Waals surface area contributed by atoms with Crippen LogP contribution in [0.1, 0.15) is 25.0 Å². The first-order chi connectivity index (χ1) is 13.5. The molecule has 0 bridgehead atoms. The van der Waals surface area contributed by atoms with Gasteiger partial charge in [-0.3, -0.25) is 14.6 Å². The minimum absolute atomic E-state index is 0.134. The van der Waals surface area contributed by atoms with Crippen LogP contribution in [0.25, 0.3) is 10.2 Å². The Morgan fingerprint density at radius 2 is 2.00 bits per heavy atom. The van der Waals surface area contributed by atoms with Crippen molar-refractivity contribution in [2.24, 2.45) is 4.99 Å². The summed E-state index contributed by atoms with van der Waals surface area (Å²) in [6.45, 7) is 8.45. The summed E-state index contributed by atoms with van der Waals surface area (Å²) in [6.07, 6.45) is 0. The Kier molecular flexibility index (Phi) is 5.19. The van der Waals surface area contributed by atoms with E-state index in [0.717, 1.165) is 29.0 Å². The third-order valence-corrected chi connectivity index (χ3v) is 6.17. The predicted molar refractivity (Wildman–Crippen MR) is 117 cm³/mol. The number of hydrogen-bond donors (Lipinski definition) is 0. The molecule has 0 saturated carbocycles. The highest BCUT2D eigenvalue weighted by Gasteiger charge is 2.36. The third-order valence-electron chi connectivity index (χ3n) is 4.94. The molecule has 0 saturated heterocycles. The number of thiazole rings is 1. The van der Waals surface area contributed by atoms with E-state index in [1.54, 1.807) is 11.0 Å². The summed E-state index contributed by atoms with van der Waals surface area (Å²) in [5, 5.41) is 1.10. The molecule has 1 aliphatic rings. The number of aliphatic imine (C=N–C) groups is 1. The zero-order valence-electron chi connectivity index (χ0n) is 16.1. The SMILES string of the molecule is CCN(CC)CN1C(=O)/C(=N\c2nc3ccc(C)cc3s2)c2c(Cl)cccc21. The fourth-order valence-corrected chi connectivity index (χ4v) is 4.55. The Hall–Kier alpha value is -2.28. The van der Waals surface area contributed by atoms with E-state index < -0.39 is 0 Å². The van der Waals surface area contributed by atoms with Crippen molar-refractivity contribution in [3.63, 3.8) is 0 Å². The van der Waals surface area contributed by atoms with E-state index in [9.17, 15) is 4.79 Å². The number of carbonyl (C=O) groups excluding carboxylic acids is 1. The van der Waals surface area contributed by atoms with Gasteiger partial charge in [0.25, 0.3) is 5.91 Å². The standard InChI is InChI=1S/C21H21ClN4OS/c1-4-25(5-2)12-26-16-8-6-7-14(22)18(16)19(20(26)27)24-21-23-15-10-9-13(3)11-17(15)28-21/h6-11H,4-5,12H2,1-3H3/b24-19-. The Bertz CT molecular complexity index is 1090. The van der Waals surface area contributed by atoms with Gasteiger partial charge >= 0.3 is 0 Å². The molecule has 0 aliphatic carbocycles. The molecule has 28 heavy (non-hydrogen) atoms. The Labute approximate surface area is 173 Å². The van der Waals surface area contributed by atoms with Crippen molar-refractivity contribution in [3.05, 3.63) is 52.5 Å². The average molecular weight is 413 g/mol. The van der Waals surface area contributed by atoms with Crippen molar-refractivity contribution in [3.8, 4) is 0 Å². The van der Waals surface area contributed by atoms with E-state index in [4.69, 9.17) is 11.6 Å². The maximum Gasteiger partial charge on any atom is 0.278 e. The minimum atomic E-state index is -0.134. The van der Waals surface area contributed by atoms with Crippen LogP contribution in [-0.4, -0.2) is 41.3 Å². The molecule has 1 aliphatic heterocycles. The van der Waals surface area contributed by atoms with Gasteiger partial charge in [-0.2, -0.15) is 0 Å². The minimum Gasteiger partial charge on any atom is -0.293 e. The second kappa shape index (κ2) is 7.62. The molecule has 0 spiro atoms. The topological polar surface area (TPSA) is 48.8 Å². The quantitative estimate of drug-likeness (QED) is 0.590. The van der Waals surface area contributed by atoms with Gasteiger partial charge in [-0.1, -0.05) is 48.9 Å². The molecule has 5 nitrogen and oxygen atoms in total. The van der Waals surface area contributed by atoms with Gasteiger partial charge in [-0.25, -0.2) is 9.98 Å². The molecule has 3 aromatic rings. The molecular weight excluding hydrogens is 392 g/mol. The van der Waals surface area contributed by atoms with Crippen molar-refractivity contribution >= 4 is 55.6 Å². The lowest BCUT2D eigenvalue weighted by atomic mass is 10.1. The number of fused-ring (bicyclic) bond motifs is 2. The van der Waals surface area contributed by atoms with Crippen LogP contribution in [0, 0.1) is 6.92 Å². The first-order valence-electron chi connectivity index (χ1n) is 9.30. The third kappa shape index (κ3) is 3.32. The van der Waals surface area contributed by atoms with E-state index in [1.807, 2.05) is 31.2 Å². The summed E-state index contributed by atoms with van der Waals surface area (Å²) in [4.78, 5) is 26.4. The number of anilines is 1. The second-order valence-electron chi connectivity index (χ2n) is 6.74. The maximum absolute atomic E-state index is 13.2. The molecule has 144 valence electrons. The number of rotatable bonds is 5. The van der Waals surface area contributed by atoms with Gasteiger partial charge in [0, 0.05) is 5.56 Å². The summed E-state index contributed by atoms with van der Waals surface area (Å²) in [6, 6.07) is 11.7. The van der Waals surface area contributed by atoms with Crippen molar-refractivity contribution in [1.82, 2.24) is 9.88 Å². The maximum atomic E-state index is 13.2. The fraction of sp³-hybridized carbons (Fsp3) is 0.286. The van der Waals surface area contributed by atoms with Gasteiger partial charge in [0.1, 0.15) is 5.71 Å². The van der Waals surface area contributed by atoms with E-state index in [1.165, 1.54) is 16.9 Å². The van der Waals surface area contributed by atoms with E-state index >= 15 is 0 Å². The predicted octanol–water partition coefficient (Wildman–Crippen LogP) is 5.02. The summed E-state index contributed by atoms with van der Waals surface area (Å²) >= 11 is 7.96. The lowest BCUT2D eigenvalue weighted by Gasteiger charge is -2.25. The number of nitrogens with zero attached hydrogens (tertiary/aromatic N) is 4. The van der Waals surface area contributed by atoms with Gasteiger partial charge < -0.3 is 0 Å². The molecule has 1 amide bonds. The molecule has 0 radical (unpaired) electrons. The smallest absolute Gasteiger partial charge is 0.278 e. The summed E-state index contributed by atoms with van der Waals surface area (Å²) < 4.78 is 1.06.